The topological polar surface area (TPSA) is 129 Å². The molecule has 2 N–H and O–H groups in total. The fraction of sp³-hybridized carbons (Fsp3) is 0.515. The molecular weight excluding hydrogens is 650 g/mol. The van der Waals surface area contributed by atoms with Crippen LogP contribution in [0.2, 0.25) is 0 Å². The summed E-state index contributed by atoms with van der Waals surface area (Å²) in [5.41, 5.74) is 0.248. The van der Waals surface area contributed by atoms with E-state index in [2.05, 4.69) is 20.8 Å². The minimum absolute atomic E-state index is 0.00000949. The molecule has 12 nitrogen and oxygen atoms in total. The van der Waals surface area contributed by atoms with E-state index >= 15 is 4.39 Å². The van der Waals surface area contributed by atoms with Crippen molar-refractivity contribution in [1.82, 2.24) is 29.5 Å². The highest BCUT2D eigenvalue weighted by atomic mass is 19.4. The van der Waals surface area contributed by atoms with Crippen LogP contribution in [-0.4, -0.2) is 87.0 Å². The molecule has 0 unspecified atom stereocenters. The number of methoxy groups -OCH3 is 1. The predicted octanol–water partition coefficient (Wildman–Crippen LogP) is 5.88. The highest BCUT2D eigenvalue weighted by Crippen LogP contribution is 2.44. The van der Waals surface area contributed by atoms with Crippen LogP contribution in [-0.2, 0) is 28.1 Å². The summed E-state index contributed by atoms with van der Waals surface area (Å²) in [6, 6.07) is 7.25. The van der Waals surface area contributed by atoms with Crippen LogP contribution in [0.3, 0.4) is 0 Å². The molecule has 16 heteroatoms. The molecule has 0 bridgehead atoms. The minimum atomic E-state index is -4.58. The van der Waals surface area contributed by atoms with E-state index in [1.54, 1.807) is 52.3 Å². The molecule has 1 saturated carbocycles. The van der Waals surface area contributed by atoms with Gasteiger partial charge in [-0.25, -0.2) is 9.18 Å². The van der Waals surface area contributed by atoms with Crippen LogP contribution in [0.15, 0.2) is 47.2 Å². The predicted molar refractivity (Wildman–Crippen MR) is 171 cm³/mol. The SMILES string of the molecule is COCC1(n2ccc(C(=O)NCc3nc(-c4cc5c(N[C@H]6CCN(C(=O)OC(C)(C)C)C[C@H]6F)cccc5n4CC(F)(F)F)no3)c2)CC1. The molecule has 3 aromatic heterocycles. The first-order chi connectivity index (χ1) is 23.1. The Balaban J connectivity index is 1.18. The first-order valence-corrected chi connectivity index (χ1v) is 16.0. The molecule has 4 heterocycles. The lowest BCUT2D eigenvalue weighted by atomic mass is 10.0. The highest BCUT2D eigenvalue weighted by Gasteiger charge is 2.44. The third kappa shape index (κ3) is 7.68. The van der Waals surface area contributed by atoms with E-state index in [0.29, 0.717) is 23.2 Å². The van der Waals surface area contributed by atoms with Crippen molar-refractivity contribution >= 4 is 28.6 Å². The number of nitrogens with zero attached hydrogens (tertiary/aromatic N) is 5. The Kier molecular flexibility index (Phi) is 9.11. The average Bonchev–Trinajstić information content (AvgIpc) is 3.36. The van der Waals surface area contributed by atoms with Gasteiger partial charge in [0.25, 0.3) is 5.91 Å². The van der Waals surface area contributed by atoms with Crippen molar-refractivity contribution in [2.75, 3.05) is 32.1 Å². The van der Waals surface area contributed by atoms with Gasteiger partial charge in [0.1, 0.15) is 18.3 Å². The maximum Gasteiger partial charge on any atom is 0.410 e. The van der Waals surface area contributed by atoms with Crippen LogP contribution in [0.4, 0.5) is 28.0 Å². The molecule has 2 fully saturated rings. The van der Waals surface area contributed by atoms with Gasteiger partial charge in [0, 0.05) is 37.1 Å². The average molecular weight is 690 g/mol. The maximum atomic E-state index is 15.3. The molecule has 1 aromatic carbocycles. The smallest absolute Gasteiger partial charge is 0.410 e. The number of ether oxygens (including phenoxy) is 2. The van der Waals surface area contributed by atoms with Crippen LogP contribution >= 0.6 is 0 Å². The van der Waals surface area contributed by atoms with E-state index in [4.69, 9.17) is 14.0 Å². The number of alkyl halides is 4. The minimum Gasteiger partial charge on any atom is -0.444 e. The lowest BCUT2D eigenvalue weighted by Gasteiger charge is -2.36. The van der Waals surface area contributed by atoms with Gasteiger partial charge in [-0.15, -0.1) is 0 Å². The summed E-state index contributed by atoms with van der Waals surface area (Å²) in [5, 5.41) is 10.2. The largest absolute Gasteiger partial charge is 0.444 e. The first kappa shape index (κ1) is 34.3. The molecular formula is C33H39F4N7O5. The van der Waals surface area contributed by atoms with Gasteiger partial charge in [-0.05, 0) is 64.3 Å². The van der Waals surface area contributed by atoms with E-state index in [-0.39, 0.29) is 60.4 Å². The van der Waals surface area contributed by atoms with Gasteiger partial charge in [-0.1, -0.05) is 11.2 Å². The third-order valence-corrected chi connectivity index (χ3v) is 8.66. The van der Waals surface area contributed by atoms with Crippen molar-refractivity contribution in [3.05, 3.63) is 54.2 Å². The second kappa shape index (κ2) is 13.0. The summed E-state index contributed by atoms with van der Waals surface area (Å²) in [4.78, 5) is 30.9. The molecule has 2 amide bonds. The second-order valence-corrected chi connectivity index (χ2v) is 13.6. The van der Waals surface area contributed by atoms with E-state index in [1.165, 1.54) is 17.0 Å². The maximum absolute atomic E-state index is 15.3. The fourth-order valence-corrected chi connectivity index (χ4v) is 6.11. The van der Waals surface area contributed by atoms with E-state index < -0.39 is 36.6 Å². The third-order valence-electron chi connectivity index (χ3n) is 8.66. The molecule has 49 heavy (non-hydrogen) atoms. The molecule has 2 aliphatic rings. The van der Waals surface area contributed by atoms with E-state index in [1.807, 2.05) is 10.8 Å². The van der Waals surface area contributed by atoms with Crippen LogP contribution in [0, 0.1) is 0 Å². The Morgan fingerprint density at radius 2 is 1.94 bits per heavy atom. The lowest BCUT2D eigenvalue weighted by Crippen LogP contribution is -2.51. The normalized spacial score (nSPS) is 19.2. The number of benzene rings is 1. The molecule has 264 valence electrons. The fourth-order valence-electron chi connectivity index (χ4n) is 6.11. The molecule has 1 saturated heterocycles. The summed E-state index contributed by atoms with van der Waals surface area (Å²) in [6.07, 6.45) is -0.903. The zero-order chi connectivity index (χ0) is 35.1. The monoisotopic (exact) mass is 689 g/mol. The standard InChI is InChI=1S/C33H39F4N7O5/c1-31(2,3)48-30(46)42-12-9-24(22(34)17-42)39-23-6-5-7-25-21(23)14-26(44(25)18-33(35,36)37)28-40-27(49-41-28)15-38-29(45)20-8-13-43(16-20)32(10-11-32)19-47-4/h5-8,13-14,16,22,24,39H,9-12,15,17-19H2,1-4H3,(H,38,45)/t22-,24+/m1/s1. The Morgan fingerprint density at radius 1 is 1.16 bits per heavy atom. The number of fused-ring (bicyclic) bond motifs is 1. The highest BCUT2D eigenvalue weighted by molar-refractivity contribution is 5.96. The zero-order valence-corrected chi connectivity index (χ0v) is 27.6. The first-order valence-electron chi connectivity index (χ1n) is 16.0. The van der Waals surface area contributed by atoms with Gasteiger partial charge < -0.3 is 38.7 Å². The molecule has 0 radical (unpaired) electrons. The number of carbonyl (C=O) groups is 2. The van der Waals surface area contributed by atoms with Crippen molar-refractivity contribution in [3.63, 3.8) is 0 Å². The Labute approximate surface area is 279 Å². The molecule has 4 aromatic rings. The molecule has 0 spiro atoms. The second-order valence-electron chi connectivity index (χ2n) is 13.6. The molecule has 1 aliphatic heterocycles. The lowest BCUT2D eigenvalue weighted by molar-refractivity contribution is -0.139. The number of likely N-dealkylation sites (tertiary alicyclic amines) is 1. The number of piperidine rings is 1. The Morgan fingerprint density at radius 3 is 2.61 bits per heavy atom. The van der Waals surface area contributed by atoms with Gasteiger partial charge in [0.05, 0.1) is 48.1 Å². The van der Waals surface area contributed by atoms with Gasteiger partial charge >= 0.3 is 12.3 Å². The van der Waals surface area contributed by atoms with Crippen molar-refractivity contribution < 1.29 is 41.1 Å². The number of carbonyl (C=O) groups excluding carboxylic acids is 2. The van der Waals surface area contributed by atoms with Crippen molar-refractivity contribution in [2.45, 2.75) is 82.7 Å². The zero-order valence-electron chi connectivity index (χ0n) is 27.6. The number of hydrogen-bond acceptors (Lipinski definition) is 8. The summed E-state index contributed by atoms with van der Waals surface area (Å²) < 4.78 is 75.8. The molecule has 1 aliphatic carbocycles. The number of anilines is 1. The van der Waals surface area contributed by atoms with Crippen molar-refractivity contribution in [2.24, 2.45) is 0 Å². The van der Waals surface area contributed by atoms with Gasteiger partial charge in [0.15, 0.2) is 0 Å². The quantitative estimate of drug-likeness (QED) is 0.198. The number of halogens is 4. The van der Waals surface area contributed by atoms with Crippen LogP contribution in [0.5, 0.6) is 0 Å². The summed E-state index contributed by atoms with van der Waals surface area (Å²) >= 11 is 0. The van der Waals surface area contributed by atoms with Gasteiger partial charge in [0.2, 0.25) is 11.7 Å². The number of nitrogens with one attached hydrogen (secondary N) is 2. The Hall–Kier alpha value is -4.60. The van der Waals surface area contributed by atoms with Crippen LogP contribution < -0.4 is 10.6 Å². The van der Waals surface area contributed by atoms with Crippen molar-refractivity contribution in [3.8, 4) is 11.5 Å². The molecule has 2 atom stereocenters. The van der Waals surface area contributed by atoms with Crippen molar-refractivity contribution in [1.29, 1.82) is 0 Å². The summed E-state index contributed by atoms with van der Waals surface area (Å²) in [6.45, 7) is 4.30. The summed E-state index contributed by atoms with van der Waals surface area (Å²) in [7, 11) is 1.63. The number of amides is 2. The molecule has 6 rings (SSSR count). The van der Waals surface area contributed by atoms with Crippen LogP contribution in [0.25, 0.3) is 22.4 Å². The number of rotatable bonds is 10. The summed E-state index contributed by atoms with van der Waals surface area (Å²) in [5.74, 6) is -0.484. The van der Waals surface area contributed by atoms with Gasteiger partial charge in [-0.3, -0.25) is 4.79 Å². The van der Waals surface area contributed by atoms with E-state index in [0.717, 1.165) is 17.4 Å². The number of hydrogen-bond donors (Lipinski definition) is 2. The van der Waals surface area contributed by atoms with E-state index in [9.17, 15) is 22.8 Å². The van der Waals surface area contributed by atoms with Crippen LogP contribution in [0.1, 0.15) is 56.3 Å². The number of aromatic nitrogens is 4. The van der Waals surface area contributed by atoms with Gasteiger partial charge in [-0.2, -0.15) is 18.2 Å². The Bertz CT molecular complexity index is 1820.